The summed E-state index contributed by atoms with van der Waals surface area (Å²) >= 11 is 0. The topological polar surface area (TPSA) is 74.7 Å². The molecule has 1 heterocycles. The fourth-order valence-corrected chi connectivity index (χ4v) is 4.21. The zero-order valence-electron chi connectivity index (χ0n) is 10.7. The molecule has 1 saturated heterocycles. The van der Waals surface area contributed by atoms with Gasteiger partial charge in [-0.05, 0) is 12.0 Å². The molecular weight excluding hydrogens is 266 g/mol. The average molecular weight is 283 g/mol. The third kappa shape index (κ3) is 2.50. The summed E-state index contributed by atoms with van der Waals surface area (Å²) in [5.41, 5.74) is 0.631. The van der Waals surface area contributed by atoms with Crippen LogP contribution in [0, 0.1) is 5.92 Å². The zero-order chi connectivity index (χ0) is 14.0. The summed E-state index contributed by atoms with van der Waals surface area (Å²) < 4.78 is 25.3. The van der Waals surface area contributed by atoms with Crippen molar-refractivity contribution in [2.45, 2.75) is 25.1 Å². The number of amides is 1. The van der Waals surface area contributed by atoms with Crippen molar-refractivity contribution < 1.29 is 18.3 Å². The third-order valence-electron chi connectivity index (χ3n) is 3.42. The predicted octanol–water partition coefficient (Wildman–Crippen LogP) is 0.746. The van der Waals surface area contributed by atoms with Gasteiger partial charge in [-0.1, -0.05) is 37.3 Å². The van der Waals surface area contributed by atoms with E-state index in [-0.39, 0.29) is 18.3 Å². The summed E-state index contributed by atoms with van der Waals surface area (Å²) in [4.78, 5) is 11.8. The van der Waals surface area contributed by atoms with Crippen LogP contribution >= 0.6 is 0 Å². The van der Waals surface area contributed by atoms with Gasteiger partial charge in [0.15, 0.2) is 0 Å². The molecule has 5 nitrogen and oxygen atoms in total. The highest BCUT2D eigenvalue weighted by atomic mass is 32.2. The second-order valence-corrected chi connectivity index (χ2v) is 6.49. The molecule has 1 amide bonds. The Bertz CT molecular complexity index is 555. The van der Waals surface area contributed by atoms with E-state index >= 15 is 0 Å². The van der Waals surface area contributed by atoms with E-state index in [1.165, 1.54) is 0 Å². The number of nitrogens with zero attached hydrogens (tertiary/aromatic N) is 1. The quantitative estimate of drug-likeness (QED) is 0.809. The molecule has 1 aliphatic heterocycles. The second kappa shape index (κ2) is 5.30. The largest absolute Gasteiger partial charge is 0.394 e. The minimum Gasteiger partial charge on any atom is -0.394 e. The van der Waals surface area contributed by atoms with E-state index in [9.17, 15) is 18.3 Å². The van der Waals surface area contributed by atoms with Gasteiger partial charge in [0, 0.05) is 0 Å². The Morgan fingerprint density at radius 3 is 2.42 bits per heavy atom. The lowest BCUT2D eigenvalue weighted by atomic mass is 9.89. The van der Waals surface area contributed by atoms with Gasteiger partial charge in [0.25, 0.3) is 0 Å². The van der Waals surface area contributed by atoms with Crippen LogP contribution in [0.15, 0.2) is 30.3 Å². The number of carbonyl (C=O) groups excluding carboxylic acids is 1. The van der Waals surface area contributed by atoms with Crippen molar-refractivity contribution in [2.24, 2.45) is 5.92 Å². The molecule has 0 aliphatic carbocycles. The molecule has 1 fully saturated rings. The van der Waals surface area contributed by atoms with Gasteiger partial charge >= 0.3 is 0 Å². The van der Waals surface area contributed by atoms with Crippen LogP contribution in [0.5, 0.6) is 0 Å². The molecule has 1 aromatic carbocycles. The van der Waals surface area contributed by atoms with Crippen LogP contribution in [-0.2, 0) is 20.6 Å². The second-order valence-electron chi connectivity index (χ2n) is 4.64. The van der Waals surface area contributed by atoms with Crippen molar-refractivity contribution in [3.8, 4) is 0 Å². The van der Waals surface area contributed by atoms with Crippen LogP contribution in [-0.4, -0.2) is 36.4 Å². The highest BCUT2D eigenvalue weighted by molar-refractivity contribution is 7.89. The number of sulfonamides is 1. The van der Waals surface area contributed by atoms with Crippen LogP contribution in [0.25, 0.3) is 0 Å². The first kappa shape index (κ1) is 14.0. The summed E-state index contributed by atoms with van der Waals surface area (Å²) in [5.74, 6) is -1.000. The van der Waals surface area contributed by atoms with Crippen LogP contribution in [0.3, 0.4) is 0 Å². The monoisotopic (exact) mass is 283 g/mol. The minimum absolute atomic E-state index is 0.216. The van der Waals surface area contributed by atoms with E-state index < -0.39 is 22.0 Å². The molecule has 104 valence electrons. The van der Waals surface area contributed by atoms with Gasteiger partial charge in [-0.25, -0.2) is 12.7 Å². The normalized spacial score (nSPS) is 23.3. The lowest BCUT2D eigenvalue weighted by Gasteiger charge is -2.44. The Kier molecular flexibility index (Phi) is 3.91. The lowest BCUT2D eigenvalue weighted by Crippen LogP contribution is -2.64. The van der Waals surface area contributed by atoms with Crippen LogP contribution < -0.4 is 0 Å². The number of β-lactam (4-membered cyclic amide) rings is 1. The summed E-state index contributed by atoms with van der Waals surface area (Å²) in [7, 11) is -3.71. The molecule has 0 saturated carbocycles. The summed E-state index contributed by atoms with van der Waals surface area (Å²) in [6.07, 6.45) is 0.543. The molecule has 6 heteroatoms. The number of benzene rings is 1. The molecule has 2 rings (SSSR count). The lowest BCUT2D eigenvalue weighted by molar-refractivity contribution is -0.148. The molecule has 1 aromatic rings. The summed E-state index contributed by atoms with van der Waals surface area (Å²) in [5, 5.41) is 9.25. The first-order chi connectivity index (χ1) is 9.01. The van der Waals surface area contributed by atoms with Crippen molar-refractivity contribution in [3.05, 3.63) is 35.9 Å². The fourth-order valence-electron chi connectivity index (χ4n) is 2.42. The SMILES string of the molecule is CC[C@H]1C(=O)N(S(=O)(=O)Cc2ccccc2)[C@H]1CO. The maximum absolute atomic E-state index is 12.2. The number of hydrogen-bond donors (Lipinski definition) is 1. The van der Waals surface area contributed by atoms with E-state index in [0.717, 1.165) is 4.31 Å². The first-order valence-corrected chi connectivity index (χ1v) is 7.83. The van der Waals surface area contributed by atoms with Crippen molar-refractivity contribution in [3.63, 3.8) is 0 Å². The Morgan fingerprint density at radius 2 is 1.89 bits per heavy atom. The van der Waals surface area contributed by atoms with Crippen LogP contribution in [0.2, 0.25) is 0 Å². The average Bonchev–Trinajstić information content (AvgIpc) is 2.36. The van der Waals surface area contributed by atoms with Gasteiger partial charge in [-0.3, -0.25) is 4.79 Å². The molecule has 2 atom stereocenters. The number of rotatable bonds is 5. The van der Waals surface area contributed by atoms with Gasteiger partial charge in [0.2, 0.25) is 15.9 Å². The van der Waals surface area contributed by atoms with Gasteiger partial charge in [-0.15, -0.1) is 0 Å². The third-order valence-corrected chi connectivity index (χ3v) is 5.17. The van der Waals surface area contributed by atoms with E-state index in [2.05, 4.69) is 0 Å². The molecule has 0 aromatic heterocycles. The van der Waals surface area contributed by atoms with E-state index in [1.807, 2.05) is 6.92 Å². The Morgan fingerprint density at radius 1 is 1.26 bits per heavy atom. The number of aliphatic hydroxyl groups is 1. The van der Waals surface area contributed by atoms with Crippen molar-refractivity contribution >= 4 is 15.9 Å². The minimum atomic E-state index is -3.71. The Labute approximate surface area is 112 Å². The Hall–Kier alpha value is -1.40. The molecule has 1 aliphatic rings. The van der Waals surface area contributed by atoms with E-state index in [1.54, 1.807) is 30.3 Å². The maximum Gasteiger partial charge on any atom is 0.241 e. The van der Waals surface area contributed by atoms with E-state index in [0.29, 0.717) is 12.0 Å². The highest BCUT2D eigenvalue weighted by Gasteiger charge is 2.51. The van der Waals surface area contributed by atoms with Crippen molar-refractivity contribution in [1.82, 2.24) is 4.31 Å². The number of aliphatic hydroxyl groups excluding tert-OH is 1. The molecule has 0 spiro atoms. The molecule has 0 radical (unpaired) electrons. The van der Waals surface area contributed by atoms with Gasteiger partial charge in [0.1, 0.15) is 0 Å². The molecular formula is C13H17NO4S. The summed E-state index contributed by atoms with van der Waals surface area (Å²) in [6, 6.07) is 8.10. The van der Waals surface area contributed by atoms with Gasteiger partial charge in [-0.2, -0.15) is 0 Å². The number of hydrogen-bond acceptors (Lipinski definition) is 4. The number of carbonyl (C=O) groups is 1. The van der Waals surface area contributed by atoms with Gasteiger partial charge in [0.05, 0.1) is 24.3 Å². The predicted molar refractivity (Wildman–Crippen MR) is 70.6 cm³/mol. The fraction of sp³-hybridized carbons (Fsp3) is 0.462. The van der Waals surface area contributed by atoms with Crippen LogP contribution in [0.1, 0.15) is 18.9 Å². The first-order valence-electron chi connectivity index (χ1n) is 6.22. The highest BCUT2D eigenvalue weighted by Crippen LogP contribution is 2.33. The maximum atomic E-state index is 12.2. The zero-order valence-corrected chi connectivity index (χ0v) is 11.5. The standard InChI is InChI=1S/C13H17NO4S/c1-2-11-12(8-15)14(13(11)16)19(17,18)9-10-6-4-3-5-7-10/h3-7,11-12,15H,2,8-9H2,1H3/t11-,12+/m1/s1. The van der Waals surface area contributed by atoms with Gasteiger partial charge < -0.3 is 5.11 Å². The Balaban J connectivity index is 2.19. The molecule has 0 unspecified atom stereocenters. The van der Waals surface area contributed by atoms with Crippen molar-refractivity contribution in [1.29, 1.82) is 0 Å². The van der Waals surface area contributed by atoms with Crippen molar-refractivity contribution in [2.75, 3.05) is 6.61 Å². The van der Waals surface area contributed by atoms with E-state index in [4.69, 9.17) is 0 Å². The van der Waals surface area contributed by atoms with Crippen LogP contribution in [0.4, 0.5) is 0 Å². The smallest absolute Gasteiger partial charge is 0.241 e. The molecule has 0 bridgehead atoms. The molecule has 1 N–H and O–H groups in total. The summed E-state index contributed by atoms with van der Waals surface area (Å²) in [6.45, 7) is 1.49. The molecule has 19 heavy (non-hydrogen) atoms.